The molecule has 7 heteroatoms. The van der Waals surface area contributed by atoms with E-state index in [9.17, 15) is 0 Å². The number of thiophene rings is 1. The second kappa shape index (κ2) is 7.94. The van der Waals surface area contributed by atoms with E-state index < -0.39 is 0 Å². The predicted molar refractivity (Wildman–Crippen MR) is 97.4 cm³/mol. The zero-order chi connectivity index (χ0) is 16.1. The molecule has 0 saturated heterocycles. The van der Waals surface area contributed by atoms with Gasteiger partial charge in [-0.05, 0) is 26.0 Å². The smallest absolute Gasteiger partial charge is 0.193 e. The molecule has 2 aromatic rings. The maximum absolute atomic E-state index is 5.97. The Bertz CT molecular complexity index is 648. The highest BCUT2D eigenvalue weighted by atomic mass is 35.5. The van der Waals surface area contributed by atoms with Crippen molar-refractivity contribution < 1.29 is 0 Å². The monoisotopic (exact) mass is 356 g/mol. The van der Waals surface area contributed by atoms with Crippen molar-refractivity contribution >= 4 is 40.2 Å². The average Bonchev–Trinajstić information content (AvgIpc) is 3.00. The van der Waals surface area contributed by atoms with Gasteiger partial charge in [0.1, 0.15) is 0 Å². The molecule has 0 aromatic carbocycles. The number of thiazole rings is 1. The van der Waals surface area contributed by atoms with E-state index in [4.69, 9.17) is 11.6 Å². The number of aryl methyl sites for hydroxylation is 2. The third kappa shape index (κ3) is 4.69. The average molecular weight is 357 g/mol. The van der Waals surface area contributed by atoms with Crippen LogP contribution in [0.5, 0.6) is 0 Å². The van der Waals surface area contributed by atoms with Crippen LogP contribution < -0.4 is 5.32 Å². The molecule has 1 N–H and O–H groups in total. The lowest BCUT2D eigenvalue weighted by Gasteiger charge is -2.21. The minimum atomic E-state index is 0.801. The van der Waals surface area contributed by atoms with E-state index in [0.717, 1.165) is 40.5 Å². The van der Waals surface area contributed by atoms with Crippen LogP contribution >= 0.6 is 34.3 Å². The normalized spacial score (nSPS) is 11.8. The Morgan fingerprint density at radius 1 is 1.36 bits per heavy atom. The van der Waals surface area contributed by atoms with E-state index in [0.29, 0.717) is 0 Å². The summed E-state index contributed by atoms with van der Waals surface area (Å²) in [6.07, 6.45) is 0.967. The van der Waals surface area contributed by atoms with Gasteiger partial charge < -0.3 is 10.2 Å². The molecule has 0 unspecified atom stereocenters. The Balaban J connectivity index is 1.85. The Labute approximate surface area is 144 Å². The molecule has 0 aliphatic heterocycles. The van der Waals surface area contributed by atoms with Crippen LogP contribution in [0, 0.1) is 13.8 Å². The first kappa shape index (κ1) is 17.2. The minimum absolute atomic E-state index is 0.801. The van der Waals surface area contributed by atoms with E-state index in [2.05, 4.69) is 33.2 Å². The van der Waals surface area contributed by atoms with Crippen LogP contribution in [0.25, 0.3) is 0 Å². The van der Waals surface area contributed by atoms with Gasteiger partial charge in [0, 0.05) is 36.8 Å². The van der Waals surface area contributed by atoms with Crippen molar-refractivity contribution in [3.05, 3.63) is 36.9 Å². The Hall–Kier alpha value is -1.11. The summed E-state index contributed by atoms with van der Waals surface area (Å²) in [6.45, 7) is 5.77. The van der Waals surface area contributed by atoms with E-state index in [1.165, 1.54) is 9.75 Å². The van der Waals surface area contributed by atoms with Gasteiger partial charge in [-0.2, -0.15) is 0 Å². The molecular formula is C15H21ClN4S2. The van der Waals surface area contributed by atoms with Crippen molar-refractivity contribution in [1.82, 2.24) is 15.2 Å². The van der Waals surface area contributed by atoms with Gasteiger partial charge in [0.15, 0.2) is 5.96 Å². The number of halogens is 1. The largest absolute Gasteiger partial charge is 0.356 e. The highest BCUT2D eigenvalue weighted by molar-refractivity contribution is 7.16. The highest BCUT2D eigenvalue weighted by Crippen LogP contribution is 2.22. The van der Waals surface area contributed by atoms with Gasteiger partial charge in [-0.15, -0.1) is 22.7 Å². The molecular weight excluding hydrogens is 336 g/mol. The second-order valence-corrected chi connectivity index (χ2v) is 8.11. The molecule has 0 fully saturated rings. The van der Waals surface area contributed by atoms with Crippen LogP contribution in [0.2, 0.25) is 4.34 Å². The summed E-state index contributed by atoms with van der Waals surface area (Å²) in [5, 5.41) is 4.54. The van der Waals surface area contributed by atoms with Crippen molar-refractivity contribution in [3.8, 4) is 0 Å². The van der Waals surface area contributed by atoms with Crippen molar-refractivity contribution in [3.63, 3.8) is 0 Å². The third-order valence-corrected chi connectivity index (χ3v) is 5.58. The van der Waals surface area contributed by atoms with Crippen LogP contribution in [0.4, 0.5) is 0 Å². The minimum Gasteiger partial charge on any atom is -0.356 e. The molecule has 4 nitrogen and oxygen atoms in total. The first-order chi connectivity index (χ1) is 10.5. The summed E-state index contributed by atoms with van der Waals surface area (Å²) >= 11 is 9.35. The molecule has 0 bridgehead atoms. The van der Waals surface area contributed by atoms with E-state index in [1.54, 1.807) is 22.7 Å². The molecule has 0 aliphatic carbocycles. The van der Waals surface area contributed by atoms with Gasteiger partial charge in [-0.25, -0.2) is 4.98 Å². The van der Waals surface area contributed by atoms with Gasteiger partial charge in [0.2, 0.25) is 0 Å². The van der Waals surface area contributed by atoms with Crippen molar-refractivity contribution in [1.29, 1.82) is 0 Å². The molecule has 2 aromatic heterocycles. The molecule has 22 heavy (non-hydrogen) atoms. The van der Waals surface area contributed by atoms with E-state index in [1.807, 2.05) is 27.1 Å². The number of nitrogens with one attached hydrogen (secondary N) is 1. The molecule has 2 rings (SSSR count). The first-order valence-electron chi connectivity index (χ1n) is 7.08. The lowest BCUT2D eigenvalue weighted by atomic mass is 10.3. The molecule has 0 spiro atoms. The summed E-state index contributed by atoms with van der Waals surface area (Å²) in [5.41, 5.74) is 1.14. The van der Waals surface area contributed by atoms with Crippen LogP contribution in [0.15, 0.2) is 17.1 Å². The first-order valence-corrected chi connectivity index (χ1v) is 9.09. The van der Waals surface area contributed by atoms with Gasteiger partial charge in [-0.1, -0.05) is 11.6 Å². The lowest BCUT2D eigenvalue weighted by molar-refractivity contribution is 0.482. The summed E-state index contributed by atoms with van der Waals surface area (Å²) in [5.74, 6) is 0.892. The number of nitrogens with zero attached hydrogens (tertiary/aromatic N) is 3. The van der Waals surface area contributed by atoms with Crippen molar-refractivity contribution in [2.24, 2.45) is 4.99 Å². The molecule has 120 valence electrons. The van der Waals surface area contributed by atoms with Crippen LogP contribution in [0.3, 0.4) is 0 Å². The standard InChI is InChI=1S/C15H21ClN4S2/c1-10-13(21-11(2)19-10)7-8-18-15(17-3)20(4)9-12-5-6-14(16)22-12/h5-6H,7-9H2,1-4H3,(H,17,18). The number of rotatable bonds is 5. The van der Waals surface area contributed by atoms with Crippen molar-refractivity contribution in [2.75, 3.05) is 20.6 Å². The molecule has 0 atom stereocenters. The van der Waals surface area contributed by atoms with Crippen LogP contribution in [-0.4, -0.2) is 36.5 Å². The number of guanidine groups is 1. The predicted octanol–water partition coefficient (Wildman–Crippen LogP) is 3.72. The Morgan fingerprint density at radius 3 is 2.68 bits per heavy atom. The fourth-order valence-corrected chi connectivity index (χ4v) is 4.30. The van der Waals surface area contributed by atoms with Gasteiger partial charge in [-0.3, -0.25) is 4.99 Å². The van der Waals surface area contributed by atoms with Crippen molar-refractivity contribution in [2.45, 2.75) is 26.8 Å². The maximum atomic E-state index is 5.97. The second-order valence-electron chi connectivity index (χ2n) is 5.03. The van der Waals surface area contributed by atoms with E-state index >= 15 is 0 Å². The maximum Gasteiger partial charge on any atom is 0.193 e. The van der Waals surface area contributed by atoms with Gasteiger partial charge in [0.05, 0.1) is 21.6 Å². The molecule has 0 saturated carbocycles. The van der Waals surface area contributed by atoms with Gasteiger partial charge >= 0.3 is 0 Å². The van der Waals surface area contributed by atoms with Gasteiger partial charge in [0.25, 0.3) is 0 Å². The quantitative estimate of drug-likeness (QED) is 0.655. The number of aliphatic imine (C=N–C) groups is 1. The molecule has 2 heterocycles. The summed E-state index contributed by atoms with van der Waals surface area (Å²) in [6, 6.07) is 3.99. The fourth-order valence-electron chi connectivity index (χ4n) is 2.22. The lowest BCUT2D eigenvalue weighted by Crippen LogP contribution is -2.39. The summed E-state index contributed by atoms with van der Waals surface area (Å²) in [7, 11) is 3.84. The summed E-state index contributed by atoms with van der Waals surface area (Å²) in [4.78, 5) is 13.5. The zero-order valence-electron chi connectivity index (χ0n) is 13.3. The zero-order valence-corrected chi connectivity index (χ0v) is 15.7. The topological polar surface area (TPSA) is 40.5 Å². The third-order valence-electron chi connectivity index (χ3n) is 3.23. The Kier molecular flexibility index (Phi) is 6.23. The summed E-state index contributed by atoms with van der Waals surface area (Å²) < 4.78 is 0.822. The molecule has 0 amide bonds. The highest BCUT2D eigenvalue weighted by Gasteiger charge is 2.09. The number of hydrogen-bond acceptors (Lipinski definition) is 4. The SMILES string of the molecule is CN=C(NCCc1sc(C)nc1C)N(C)Cc1ccc(Cl)s1. The van der Waals surface area contributed by atoms with E-state index in [-0.39, 0.29) is 0 Å². The van der Waals surface area contributed by atoms with Crippen LogP contribution in [0.1, 0.15) is 20.5 Å². The molecule has 0 aliphatic rings. The van der Waals surface area contributed by atoms with Crippen LogP contribution in [-0.2, 0) is 13.0 Å². The fraction of sp³-hybridized carbons (Fsp3) is 0.467. The molecule has 0 radical (unpaired) electrons. The number of hydrogen-bond donors (Lipinski definition) is 1. The number of aromatic nitrogens is 1. The Morgan fingerprint density at radius 2 is 2.14 bits per heavy atom.